The summed E-state index contributed by atoms with van der Waals surface area (Å²) in [4.78, 5) is 0. The Labute approximate surface area is 323 Å². The maximum absolute atomic E-state index is 4.01. The minimum Gasteiger partial charge on any atom is -0.388 e. The summed E-state index contributed by atoms with van der Waals surface area (Å²) in [5.74, 6) is -0.0102. The summed E-state index contributed by atoms with van der Waals surface area (Å²) in [6.45, 7) is 4.01. The lowest BCUT2D eigenvalue weighted by Gasteiger charge is -2.19. The Morgan fingerprint density at radius 3 is 1.89 bits per heavy atom. The Hall–Kier alpha value is -6.84. The predicted octanol–water partition coefficient (Wildman–Crippen LogP) is 12.9. The van der Waals surface area contributed by atoms with E-state index < -0.39 is 0 Å². The molecule has 0 saturated heterocycles. The number of fused-ring (bicyclic) bond motifs is 6. The van der Waals surface area contributed by atoms with Crippen LogP contribution < -0.4 is 5.32 Å². The van der Waals surface area contributed by atoms with E-state index >= 15 is 0 Å². The van der Waals surface area contributed by atoms with Crippen molar-refractivity contribution in [3.63, 3.8) is 0 Å². The minimum absolute atomic E-state index is 0.0102. The fourth-order valence-electron chi connectivity index (χ4n) is 8.33. The number of allylic oxidation sites excluding steroid dienone is 7. The highest BCUT2D eigenvalue weighted by molar-refractivity contribution is 6.09. The van der Waals surface area contributed by atoms with E-state index in [4.69, 9.17) is 0 Å². The van der Waals surface area contributed by atoms with Gasteiger partial charge in [-0.15, -0.1) is 0 Å². The number of para-hydroxylation sites is 3. The first-order chi connectivity index (χ1) is 27.2. The molecule has 9 rings (SSSR count). The molecule has 0 bridgehead atoms. The molecular formula is C52H43N3. The van der Waals surface area contributed by atoms with E-state index in [-0.39, 0.29) is 5.92 Å². The van der Waals surface area contributed by atoms with Crippen molar-refractivity contribution in [2.45, 2.75) is 18.8 Å². The topological polar surface area (TPSA) is 21.9 Å². The highest BCUT2D eigenvalue weighted by Crippen LogP contribution is 2.38. The number of aromatic nitrogens is 2. The molecule has 1 N–H and O–H groups in total. The third-order valence-corrected chi connectivity index (χ3v) is 10.9. The molecule has 3 nitrogen and oxygen atoms in total. The Bertz CT molecular complexity index is 2750. The zero-order valence-electron chi connectivity index (χ0n) is 31.1. The van der Waals surface area contributed by atoms with Gasteiger partial charge in [0.05, 0.1) is 16.6 Å². The quantitative estimate of drug-likeness (QED) is 0.140. The van der Waals surface area contributed by atoms with Crippen molar-refractivity contribution in [2.24, 2.45) is 0 Å². The van der Waals surface area contributed by atoms with Gasteiger partial charge in [-0.05, 0) is 83.7 Å². The van der Waals surface area contributed by atoms with Gasteiger partial charge in [-0.25, -0.2) is 0 Å². The smallest absolute Gasteiger partial charge is 0.0541 e. The van der Waals surface area contributed by atoms with E-state index in [2.05, 4.69) is 209 Å². The zero-order chi connectivity index (χ0) is 37.1. The molecule has 0 radical (unpaired) electrons. The third-order valence-electron chi connectivity index (χ3n) is 10.9. The van der Waals surface area contributed by atoms with Gasteiger partial charge in [0.1, 0.15) is 0 Å². The third kappa shape index (κ3) is 6.34. The van der Waals surface area contributed by atoms with Gasteiger partial charge in [-0.3, -0.25) is 0 Å². The summed E-state index contributed by atoms with van der Waals surface area (Å²) >= 11 is 0. The van der Waals surface area contributed by atoms with Gasteiger partial charge in [0, 0.05) is 57.5 Å². The highest BCUT2D eigenvalue weighted by atomic mass is 15.0. The molecule has 6 aromatic carbocycles. The zero-order valence-corrected chi connectivity index (χ0v) is 31.1. The lowest BCUT2D eigenvalue weighted by molar-refractivity contribution is 0.965. The van der Waals surface area contributed by atoms with Crippen LogP contribution >= 0.6 is 0 Å². The molecule has 8 aromatic rings. The summed E-state index contributed by atoms with van der Waals surface area (Å²) in [6.07, 6.45) is 17.6. The van der Waals surface area contributed by atoms with Crippen LogP contribution in [0.3, 0.4) is 0 Å². The number of hydrogen-bond acceptors (Lipinski definition) is 1. The van der Waals surface area contributed by atoms with Gasteiger partial charge in [-0.2, -0.15) is 0 Å². The van der Waals surface area contributed by atoms with E-state index in [1.807, 2.05) is 13.1 Å². The molecule has 0 spiro atoms. The van der Waals surface area contributed by atoms with Crippen molar-refractivity contribution in [1.82, 2.24) is 14.5 Å². The molecule has 2 heterocycles. The average Bonchev–Trinajstić information content (AvgIpc) is 3.77. The lowest BCUT2D eigenvalue weighted by Crippen LogP contribution is -2.09. The molecule has 266 valence electrons. The summed E-state index contributed by atoms with van der Waals surface area (Å²) in [6, 6.07) is 54.7. The summed E-state index contributed by atoms with van der Waals surface area (Å²) in [5, 5.41) is 7.47. The number of benzene rings is 6. The molecule has 0 saturated carbocycles. The molecule has 3 heteroatoms. The van der Waals surface area contributed by atoms with Crippen molar-refractivity contribution in [2.75, 3.05) is 7.05 Å². The highest BCUT2D eigenvalue weighted by Gasteiger charge is 2.21. The van der Waals surface area contributed by atoms with Gasteiger partial charge in [-0.1, -0.05) is 152 Å². The van der Waals surface area contributed by atoms with E-state index in [0.29, 0.717) is 0 Å². The van der Waals surface area contributed by atoms with Crippen LogP contribution in [0.25, 0.3) is 61.4 Å². The second-order valence-corrected chi connectivity index (χ2v) is 14.1. The summed E-state index contributed by atoms with van der Waals surface area (Å²) in [5.41, 5.74) is 14.2. The minimum atomic E-state index is -0.0102. The van der Waals surface area contributed by atoms with Crippen molar-refractivity contribution in [1.29, 1.82) is 0 Å². The maximum atomic E-state index is 4.01. The number of rotatable bonds is 10. The second kappa shape index (κ2) is 14.9. The summed E-state index contributed by atoms with van der Waals surface area (Å²) < 4.78 is 4.90. The number of nitrogens with one attached hydrogen (secondary N) is 1. The predicted molar refractivity (Wildman–Crippen MR) is 235 cm³/mol. The van der Waals surface area contributed by atoms with Gasteiger partial charge in [0.15, 0.2) is 0 Å². The first-order valence-electron chi connectivity index (χ1n) is 19.2. The summed E-state index contributed by atoms with van der Waals surface area (Å²) in [7, 11) is 2.03. The monoisotopic (exact) mass is 709 g/mol. The van der Waals surface area contributed by atoms with Crippen LogP contribution in [0, 0.1) is 0 Å². The Morgan fingerprint density at radius 1 is 0.655 bits per heavy atom. The number of aryl methyl sites for hydroxylation is 1. The largest absolute Gasteiger partial charge is 0.388 e. The van der Waals surface area contributed by atoms with Crippen LogP contribution in [0.1, 0.15) is 40.3 Å². The van der Waals surface area contributed by atoms with Crippen LogP contribution in [0.2, 0.25) is 0 Å². The molecular weight excluding hydrogens is 667 g/mol. The maximum Gasteiger partial charge on any atom is 0.0541 e. The molecule has 0 fully saturated rings. The van der Waals surface area contributed by atoms with Crippen molar-refractivity contribution >= 4 is 50.1 Å². The fraction of sp³-hybridized carbons (Fsp3) is 0.0769. The van der Waals surface area contributed by atoms with E-state index in [9.17, 15) is 0 Å². The first-order valence-corrected chi connectivity index (χ1v) is 19.2. The van der Waals surface area contributed by atoms with Crippen molar-refractivity contribution < 1.29 is 0 Å². The Kier molecular flexibility index (Phi) is 9.19. The van der Waals surface area contributed by atoms with E-state index in [1.165, 1.54) is 49.5 Å². The van der Waals surface area contributed by atoms with Crippen LogP contribution in [-0.2, 0) is 6.42 Å². The number of nitrogens with zero attached hydrogens (tertiary/aromatic N) is 2. The van der Waals surface area contributed by atoms with Crippen LogP contribution in [-0.4, -0.2) is 16.2 Å². The van der Waals surface area contributed by atoms with Gasteiger partial charge in [0.2, 0.25) is 0 Å². The Balaban J connectivity index is 1.28. The molecule has 1 aliphatic carbocycles. The van der Waals surface area contributed by atoms with Gasteiger partial charge < -0.3 is 14.5 Å². The van der Waals surface area contributed by atoms with Crippen LogP contribution in [0.4, 0.5) is 0 Å². The molecule has 2 aromatic heterocycles. The molecule has 1 aliphatic rings. The van der Waals surface area contributed by atoms with Crippen LogP contribution in [0.15, 0.2) is 195 Å². The normalized spacial score (nSPS) is 13.8. The lowest BCUT2D eigenvalue weighted by atomic mass is 9.94. The molecule has 1 unspecified atom stereocenters. The fourth-order valence-corrected chi connectivity index (χ4v) is 8.33. The average molecular weight is 710 g/mol. The molecule has 1 atom stereocenters. The standard InChI is InChI=1S/C52H43N3/c1-3-18-37(38-19-6-4-7-20-38)31-32-40(39-21-8-5-9-22-39)35-48(53-2)41-33-42(54-49-27-14-10-23-44(49)45-24-11-15-28-50(45)54)36-43(34-41)55-51-29-16-12-25-46(51)47-26-13-17-30-52(47)55/h3-12,14-25,27-36,40,53H,1,13,26H2,2H3/b32-31+,37-18+,48-35-. The number of hydrogen-bond donors (Lipinski definition) is 1. The van der Waals surface area contributed by atoms with Gasteiger partial charge >= 0.3 is 0 Å². The molecule has 55 heavy (non-hydrogen) atoms. The van der Waals surface area contributed by atoms with E-state index in [1.54, 1.807) is 0 Å². The van der Waals surface area contributed by atoms with Crippen LogP contribution in [0.5, 0.6) is 0 Å². The van der Waals surface area contributed by atoms with E-state index in [0.717, 1.165) is 46.6 Å². The van der Waals surface area contributed by atoms with Gasteiger partial charge in [0.25, 0.3) is 0 Å². The SMILES string of the molecule is C=C/C=C(\C=C\C(/C=C(\NC)c1cc(-n2c3c(c4ccccc42)CCC=C3)cc(-n2c3ccccc3c3ccccc32)c1)c1ccccc1)c1ccccc1. The second-order valence-electron chi connectivity index (χ2n) is 14.1. The van der Waals surface area contributed by atoms with Crippen molar-refractivity contribution in [3.8, 4) is 11.4 Å². The van der Waals surface area contributed by atoms with Crippen molar-refractivity contribution in [3.05, 3.63) is 223 Å². The Morgan fingerprint density at radius 2 is 1.24 bits per heavy atom. The molecule has 0 amide bonds. The molecule has 0 aliphatic heterocycles. The first kappa shape index (κ1) is 34.0.